The molecule has 0 aliphatic heterocycles. The molecule has 0 spiro atoms. The van der Waals surface area contributed by atoms with Gasteiger partial charge in [-0.05, 0) is 29.8 Å². The van der Waals surface area contributed by atoms with Crippen LogP contribution in [0.2, 0.25) is 10.0 Å². The second kappa shape index (κ2) is 8.26. The molecule has 11 heteroatoms. The number of carbonyl (C=O) groups is 2. The minimum absolute atomic E-state index is 0.0627. The molecule has 3 aromatic rings. The van der Waals surface area contributed by atoms with Gasteiger partial charge in [-0.1, -0.05) is 41.4 Å². The minimum Gasteiger partial charge on any atom is -0.380 e. The summed E-state index contributed by atoms with van der Waals surface area (Å²) in [5.74, 6) is -1.22. The van der Waals surface area contributed by atoms with Crippen LogP contribution in [-0.2, 0) is 6.54 Å². The zero-order valence-corrected chi connectivity index (χ0v) is 15.7. The molecule has 0 bridgehead atoms. The zero-order chi connectivity index (χ0) is 20.3. The summed E-state index contributed by atoms with van der Waals surface area (Å²) in [5, 5.41) is 19.9. The van der Waals surface area contributed by atoms with Crippen molar-refractivity contribution in [2.75, 3.05) is 5.73 Å². The van der Waals surface area contributed by atoms with E-state index in [2.05, 4.69) is 15.5 Å². The van der Waals surface area contributed by atoms with Gasteiger partial charge in [0.1, 0.15) is 5.69 Å². The number of aromatic nitrogens is 3. The van der Waals surface area contributed by atoms with E-state index in [1.807, 2.05) is 0 Å². The van der Waals surface area contributed by atoms with Crippen LogP contribution in [0.1, 0.15) is 26.4 Å². The SMILES string of the molecule is Nc1nn(-c2cccc(Cl)c2Cl)nc1C(=O)NCc1ccc(C(=O)NO)cc1. The monoisotopic (exact) mass is 420 g/mol. The molecule has 9 nitrogen and oxygen atoms in total. The Labute approximate surface area is 169 Å². The van der Waals surface area contributed by atoms with E-state index in [0.29, 0.717) is 10.7 Å². The van der Waals surface area contributed by atoms with E-state index in [0.717, 1.165) is 10.4 Å². The Kier molecular flexibility index (Phi) is 5.78. The summed E-state index contributed by atoms with van der Waals surface area (Å²) in [6, 6.07) is 11.2. The lowest BCUT2D eigenvalue weighted by molar-refractivity contribution is 0.0706. The van der Waals surface area contributed by atoms with Gasteiger partial charge in [0.15, 0.2) is 11.5 Å². The number of amides is 2. The first kappa shape index (κ1) is 19.6. The highest BCUT2D eigenvalue weighted by atomic mass is 35.5. The molecule has 1 aromatic heterocycles. The third kappa shape index (κ3) is 4.06. The lowest BCUT2D eigenvalue weighted by atomic mass is 10.1. The zero-order valence-electron chi connectivity index (χ0n) is 14.2. The molecule has 0 radical (unpaired) electrons. The van der Waals surface area contributed by atoms with Crippen molar-refractivity contribution in [3.8, 4) is 5.69 Å². The highest BCUT2D eigenvalue weighted by Crippen LogP contribution is 2.28. The number of nitrogen functional groups attached to an aromatic ring is 1. The number of carbonyl (C=O) groups excluding carboxylic acids is 2. The van der Waals surface area contributed by atoms with Gasteiger partial charge in [-0.2, -0.15) is 0 Å². The first-order valence-corrected chi connectivity index (χ1v) is 8.65. The molecule has 5 N–H and O–H groups in total. The van der Waals surface area contributed by atoms with Crippen LogP contribution >= 0.6 is 23.2 Å². The van der Waals surface area contributed by atoms with Crippen LogP contribution in [0.25, 0.3) is 5.69 Å². The van der Waals surface area contributed by atoms with Gasteiger partial charge in [-0.15, -0.1) is 15.0 Å². The lowest BCUT2D eigenvalue weighted by Gasteiger charge is -2.05. The Hall–Kier alpha value is -3.14. The second-order valence-electron chi connectivity index (χ2n) is 5.62. The van der Waals surface area contributed by atoms with Crippen molar-refractivity contribution >= 4 is 40.8 Å². The van der Waals surface area contributed by atoms with Crippen molar-refractivity contribution in [3.63, 3.8) is 0 Å². The Morgan fingerprint density at radius 2 is 1.79 bits per heavy atom. The topological polar surface area (TPSA) is 135 Å². The maximum Gasteiger partial charge on any atom is 0.275 e. The van der Waals surface area contributed by atoms with E-state index in [4.69, 9.17) is 34.1 Å². The first-order valence-electron chi connectivity index (χ1n) is 7.89. The Morgan fingerprint density at radius 1 is 1.07 bits per heavy atom. The standard InChI is InChI=1S/C17H14Cl2N6O3/c18-11-2-1-3-12(13(11)19)25-22-14(15(20)23-25)17(27)21-8-9-4-6-10(7-5-9)16(26)24-28/h1-7,28H,8H2,(H2,20,23)(H,21,27)(H,24,26). The number of benzene rings is 2. The van der Waals surface area contributed by atoms with Crippen molar-refractivity contribution in [1.29, 1.82) is 0 Å². The van der Waals surface area contributed by atoms with Crippen molar-refractivity contribution in [1.82, 2.24) is 25.8 Å². The third-order valence-electron chi connectivity index (χ3n) is 3.77. The number of nitrogens with zero attached hydrogens (tertiary/aromatic N) is 3. The average Bonchev–Trinajstić information content (AvgIpc) is 3.09. The number of anilines is 1. The van der Waals surface area contributed by atoms with Crippen LogP contribution in [0.3, 0.4) is 0 Å². The minimum atomic E-state index is -0.625. The summed E-state index contributed by atoms with van der Waals surface area (Å²) >= 11 is 12.1. The van der Waals surface area contributed by atoms with Crippen LogP contribution in [-0.4, -0.2) is 32.0 Å². The smallest absolute Gasteiger partial charge is 0.275 e. The number of hydrogen-bond acceptors (Lipinski definition) is 6. The summed E-state index contributed by atoms with van der Waals surface area (Å²) in [6.45, 7) is 0.171. The molecule has 144 valence electrons. The van der Waals surface area contributed by atoms with E-state index < -0.39 is 11.8 Å². The molecule has 0 saturated heterocycles. The molecule has 0 aliphatic rings. The summed E-state index contributed by atoms with van der Waals surface area (Å²) in [4.78, 5) is 24.8. The first-order chi connectivity index (χ1) is 13.4. The van der Waals surface area contributed by atoms with Gasteiger partial charge in [-0.25, -0.2) is 5.48 Å². The number of hydrogen-bond donors (Lipinski definition) is 4. The van der Waals surface area contributed by atoms with Crippen molar-refractivity contribution in [2.24, 2.45) is 0 Å². The molecule has 0 fully saturated rings. The summed E-state index contributed by atoms with van der Waals surface area (Å²) < 4.78 is 0. The van der Waals surface area contributed by atoms with E-state index in [9.17, 15) is 9.59 Å². The third-order valence-corrected chi connectivity index (χ3v) is 4.58. The molecule has 3 rings (SSSR count). The molecular formula is C17H14Cl2N6O3. The fraction of sp³-hybridized carbons (Fsp3) is 0.0588. The maximum atomic E-state index is 12.4. The fourth-order valence-electron chi connectivity index (χ4n) is 2.34. The van der Waals surface area contributed by atoms with E-state index >= 15 is 0 Å². The molecule has 0 aliphatic carbocycles. The van der Waals surface area contributed by atoms with Gasteiger partial charge in [0.05, 0.1) is 10.0 Å². The second-order valence-corrected chi connectivity index (χ2v) is 6.40. The van der Waals surface area contributed by atoms with Crippen LogP contribution in [0, 0.1) is 0 Å². The quantitative estimate of drug-likeness (QED) is 0.369. The van der Waals surface area contributed by atoms with Gasteiger partial charge in [0.2, 0.25) is 0 Å². The molecule has 28 heavy (non-hydrogen) atoms. The summed E-state index contributed by atoms with van der Waals surface area (Å²) in [7, 11) is 0. The summed E-state index contributed by atoms with van der Waals surface area (Å²) in [6.07, 6.45) is 0. The molecule has 0 saturated carbocycles. The van der Waals surface area contributed by atoms with Gasteiger partial charge in [-0.3, -0.25) is 14.8 Å². The number of hydroxylamine groups is 1. The van der Waals surface area contributed by atoms with E-state index in [1.54, 1.807) is 35.8 Å². The molecule has 0 unspecified atom stereocenters. The number of nitrogens with one attached hydrogen (secondary N) is 2. The van der Waals surface area contributed by atoms with E-state index in [-0.39, 0.29) is 28.6 Å². The van der Waals surface area contributed by atoms with Gasteiger partial charge in [0, 0.05) is 12.1 Å². The van der Waals surface area contributed by atoms with E-state index in [1.165, 1.54) is 12.1 Å². The van der Waals surface area contributed by atoms with Crippen molar-refractivity contribution in [3.05, 3.63) is 69.3 Å². The highest BCUT2D eigenvalue weighted by molar-refractivity contribution is 6.43. The van der Waals surface area contributed by atoms with Crippen LogP contribution < -0.4 is 16.5 Å². The number of nitrogens with two attached hydrogens (primary N) is 1. The largest absolute Gasteiger partial charge is 0.380 e. The number of halogens is 2. The molecular weight excluding hydrogens is 407 g/mol. The molecule has 2 aromatic carbocycles. The van der Waals surface area contributed by atoms with Crippen LogP contribution in [0.4, 0.5) is 5.82 Å². The lowest BCUT2D eigenvalue weighted by Crippen LogP contribution is -2.24. The predicted octanol–water partition coefficient (Wildman–Crippen LogP) is 2.21. The normalized spacial score (nSPS) is 10.5. The molecule has 0 atom stereocenters. The Bertz CT molecular complexity index is 1040. The average molecular weight is 421 g/mol. The highest BCUT2D eigenvalue weighted by Gasteiger charge is 2.18. The summed E-state index contributed by atoms with van der Waals surface area (Å²) in [5.41, 5.74) is 8.68. The Balaban J connectivity index is 1.72. The number of rotatable bonds is 5. The van der Waals surface area contributed by atoms with Gasteiger partial charge >= 0.3 is 0 Å². The fourth-order valence-corrected chi connectivity index (χ4v) is 2.71. The molecule has 1 heterocycles. The maximum absolute atomic E-state index is 12.4. The van der Waals surface area contributed by atoms with Crippen LogP contribution in [0.5, 0.6) is 0 Å². The van der Waals surface area contributed by atoms with Crippen molar-refractivity contribution in [2.45, 2.75) is 6.54 Å². The van der Waals surface area contributed by atoms with Crippen molar-refractivity contribution < 1.29 is 14.8 Å². The van der Waals surface area contributed by atoms with Gasteiger partial charge < -0.3 is 11.1 Å². The van der Waals surface area contributed by atoms with Gasteiger partial charge in [0.25, 0.3) is 11.8 Å². The van der Waals surface area contributed by atoms with Crippen LogP contribution in [0.15, 0.2) is 42.5 Å². The Morgan fingerprint density at radius 3 is 2.46 bits per heavy atom. The predicted molar refractivity (Wildman–Crippen MR) is 103 cm³/mol. The molecule has 2 amide bonds.